The highest BCUT2D eigenvalue weighted by Crippen LogP contribution is 2.28. The Kier molecular flexibility index (Phi) is 3.47. The van der Waals surface area contributed by atoms with E-state index in [9.17, 15) is 0 Å². The molecule has 13 heavy (non-hydrogen) atoms. The van der Waals surface area contributed by atoms with Crippen LogP contribution in [0.2, 0.25) is 19.6 Å². The number of aliphatic hydroxyl groups is 1. The summed E-state index contributed by atoms with van der Waals surface area (Å²) in [5.74, 6) is 0. The number of hydrogen-bond acceptors (Lipinski definition) is 2. The SMILES string of the molecule is C[Si](C)(C)/C(=C/CO)c1cccs1. The zero-order valence-electron chi connectivity index (χ0n) is 8.37. The van der Waals surface area contributed by atoms with Crippen molar-refractivity contribution in [2.75, 3.05) is 6.61 Å². The van der Waals surface area contributed by atoms with E-state index in [1.54, 1.807) is 11.3 Å². The Morgan fingerprint density at radius 3 is 2.62 bits per heavy atom. The van der Waals surface area contributed by atoms with Crippen LogP contribution in [0.5, 0.6) is 0 Å². The van der Waals surface area contributed by atoms with Crippen molar-refractivity contribution < 1.29 is 5.11 Å². The normalized spacial score (nSPS) is 13.4. The number of hydrogen-bond donors (Lipinski definition) is 1. The Hall–Kier alpha value is -0.383. The second-order valence-corrected chi connectivity index (χ2v) is 10.0. The Bertz CT molecular complexity index is 282. The summed E-state index contributed by atoms with van der Waals surface area (Å²) in [7, 11) is -1.30. The molecule has 72 valence electrons. The average molecular weight is 212 g/mol. The summed E-state index contributed by atoms with van der Waals surface area (Å²) in [6.07, 6.45) is 1.96. The number of aliphatic hydroxyl groups excluding tert-OH is 1. The third-order valence-electron chi connectivity index (χ3n) is 1.89. The van der Waals surface area contributed by atoms with Crippen molar-refractivity contribution in [2.45, 2.75) is 19.6 Å². The minimum Gasteiger partial charge on any atom is -0.392 e. The van der Waals surface area contributed by atoms with Gasteiger partial charge in [-0.3, -0.25) is 0 Å². The van der Waals surface area contributed by atoms with Gasteiger partial charge < -0.3 is 5.11 Å². The minimum absolute atomic E-state index is 0.150. The first-order valence-corrected chi connectivity index (χ1v) is 8.79. The van der Waals surface area contributed by atoms with Crippen LogP contribution in [-0.4, -0.2) is 19.8 Å². The highest BCUT2D eigenvalue weighted by atomic mass is 32.1. The van der Waals surface area contributed by atoms with E-state index in [-0.39, 0.29) is 6.61 Å². The van der Waals surface area contributed by atoms with Crippen LogP contribution in [0.1, 0.15) is 4.88 Å². The summed E-state index contributed by atoms with van der Waals surface area (Å²) < 4.78 is 0. The van der Waals surface area contributed by atoms with Gasteiger partial charge in [-0.15, -0.1) is 11.3 Å². The lowest BCUT2D eigenvalue weighted by molar-refractivity contribution is 0.343. The molecule has 1 heterocycles. The maximum Gasteiger partial charge on any atom is 0.0791 e. The zero-order valence-corrected chi connectivity index (χ0v) is 10.2. The average Bonchev–Trinajstić information content (AvgIpc) is 2.49. The number of thiophene rings is 1. The topological polar surface area (TPSA) is 20.2 Å². The zero-order chi connectivity index (χ0) is 9.90. The van der Waals surface area contributed by atoms with Crippen LogP contribution in [0.3, 0.4) is 0 Å². The van der Waals surface area contributed by atoms with Crippen LogP contribution < -0.4 is 0 Å². The molecule has 0 aliphatic rings. The molecular weight excluding hydrogens is 196 g/mol. The van der Waals surface area contributed by atoms with Gasteiger partial charge in [-0.05, 0) is 16.6 Å². The second-order valence-electron chi connectivity index (χ2n) is 4.03. The largest absolute Gasteiger partial charge is 0.392 e. The summed E-state index contributed by atoms with van der Waals surface area (Å²) in [6, 6.07) is 4.19. The van der Waals surface area contributed by atoms with Crippen molar-refractivity contribution in [2.24, 2.45) is 0 Å². The van der Waals surface area contributed by atoms with Gasteiger partial charge in [-0.1, -0.05) is 31.8 Å². The molecular formula is C10H16OSSi. The third-order valence-corrected chi connectivity index (χ3v) is 5.06. The van der Waals surface area contributed by atoms with Gasteiger partial charge in [0.25, 0.3) is 0 Å². The molecule has 0 bridgehead atoms. The van der Waals surface area contributed by atoms with E-state index in [2.05, 4.69) is 37.2 Å². The Morgan fingerprint density at radius 2 is 2.23 bits per heavy atom. The van der Waals surface area contributed by atoms with Crippen molar-refractivity contribution in [1.82, 2.24) is 0 Å². The molecule has 0 aliphatic heterocycles. The lowest BCUT2D eigenvalue weighted by atomic mass is 10.4. The van der Waals surface area contributed by atoms with Gasteiger partial charge in [-0.2, -0.15) is 0 Å². The van der Waals surface area contributed by atoms with Crippen LogP contribution in [-0.2, 0) is 0 Å². The van der Waals surface area contributed by atoms with E-state index in [0.717, 1.165) is 0 Å². The monoisotopic (exact) mass is 212 g/mol. The molecule has 0 aliphatic carbocycles. The van der Waals surface area contributed by atoms with E-state index in [4.69, 9.17) is 5.11 Å². The Balaban J connectivity index is 3.02. The van der Waals surface area contributed by atoms with E-state index in [0.29, 0.717) is 0 Å². The van der Waals surface area contributed by atoms with E-state index < -0.39 is 8.07 Å². The maximum atomic E-state index is 8.95. The van der Waals surface area contributed by atoms with E-state index >= 15 is 0 Å². The Morgan fingerprint density at radius 1 is 1.54 bits per heavy atom. The van der Waals surface area contributed by atoms with Crippen LogP contribution >= 0.6 is 11.3 Å². The van der Waals surface area contributed by atoms with Gasteiger partial charge >= 0.3 is 0 Å². The van der Waals surface area contributed by atoms with Crippen molar-refractivity contribution in [3.63, 3.8) is 0 Å². The Labute approximate surface area is 84.7 Å². The quantitative estimate of drug-likeness (QED) is 0.764. The molecule has 0 radical (unpaired) electrons. The standard InChI is InChI=1S/C10H16OSSi/c1-13(2,3)10(6-7-11)9-5-4-8-12-9/h4-6,8,11H,7H2,1-3H3/b10-6+. The molecule has 0 amide bonds. The third kappa shape index (κ3) is 2.79. The minimum atomic E-state index is -1.30. The van der Waals surface area contributed by atoms with Gasteiger partial charge in [0.15, 0.2) is 0 Å². The second kappa shape index (κ2) is 4.22. The van der Waals surface area contributed by atoms with Gasteiger partial charge in [0.1, 0.15) is 0 Å². The predicted molar refractivity (Wildman–Crippen MR) is 62.7 cm³/mol. The van der Waals surface area contributed by atoms with Gasteiger partial charge in [-0.25, -0.2) is 0 Å². The highest BCUT2D eigenvalue weighted by molar-refractivity contribution is 7.14. The first kappa shape index (κ1) is 10.7. The fourth-order valence-electron chi connectivity index (χ4n) is 1.30. The van der Waals surface area contributed by atoms with Crippen molar-refractivity contribution in [3.8, 4) is 0 Å². The predicted octanol–water partition coefficient (Wildman–Crippen LogP) is 3.00. The van der Waals surface area contributed by atoms with Gasteiger partial charge in [0, 0.05) is 4.88 Å². The van der Waals surface area contributed by atoms with Crippen molar-refractivity contribution in [3.05, 3.63) is 28.5 Å². The first-order valence-electron chi connectivity index (χ1n) is 4.41. The van der Waals surface area contributed by atoms with E-state index in [1.807, 2.05) is 6.08 Å². The summed E-state index contributed by atoms with van der Waals surface area (Å²) >= 11 is 1.75. The molecule has 1 rings (SSSR count). The van der Waals surface area contributed by atoms with Crippen LogP contribution in [0.15, 0.2) is 23.6 Å². The molecule has 0 aromatic carbocycles. The summed E-state index contributed by atoms with van der Waals surface area (Å²) in [5, 5.41) is 12.4. The van der Waals surface area contributed by atoms with Crippen LogP contribution in [0.4, 0.5) is 0 Å². The molecule has 1 aromatic heterocycles. The first-order chi connectivity index (χ1) is 6.05. The van der Waals surface area contributed by atoms with Gasteiger partial charge in [0.05, 0.1) is 14.7 Å². The van der Waals surface area contributed by atoms with Crippen LogP contribution in [0.25, 0.3) is 5.20 Å². The fraction of sp³-hybridized carbons (Fsp3) is 0.400. The van der Waals surface area contributed by atoms with E-state index in [1.165, 1.54) is 10.1 Å². The molecule has 0 saturated carbocycles. The van der Waals surface area contributed by atoms with Gasteiger partial charge in [0.2, 0.25) is 0 Å². The molecule has 0 fully saturated rings. The maximum absolute atomic E-state index is 8.95. The number of rotatable bonds is 3. The molecule has 1 N–H and O–H groups in total. The molecule has 0 spiro atoms. The lowest BCUT2D eigenvalue weighted by Crippen LogP contribution is -2.22. The summed E-state index contributed by atoms with van der Waals surface area (Å²) in [5.41, 5.74) is 0. The summed E-state index contributed by atoms with van der Waals surface area (Å²) in [4.78, 5) is 1.31. The fourth-order valence-corrected chi connectivity index (χ4v) is 4.59. The lowest BCUT2D eigenvalue weighted by Gasteiger charge is -2.19. The molecule has 0 saturated heterocycles. The van der Waals surface area contributed by atoms with Crippen molar-refractivity contribution in [1.29, 1.82) is 0 Å². The highest BCUT2D eigenvalue weighted by Gasteiger charge is 2.21. The van der Waals surface area contributed by atoms with Crippen molar-refractivity contribution >= 4 is 24.6 Å². The molecule has 1 aromatic rings. The summed E-state index contributed by atoms with van der Waals surface area (Å²) in [6.45, 7) is 7.05. The molecule has 3 heteroatoms. The van der Waals surface area contributed by atoms with Crippen LogP contribution in [0, 0.1) is 0 Å². The molecule has 0 atom stereocenters. The molecule has 1 nitrogen and oxygen atoms in total. The smallest absolute Gasteiger partial charge is 0.0791 e. The molecule has 0 unspecified atom stereocenters.